The smallest absolute Gasteiger partial charge is 0.153 e. The lowest BCUT2D eigenvalue weighted by Gasteiger charge is -2.03. The average Bonchev–Trinajstić information content (AvgIpc) is 2.67. The second-order valence-corrected chi connectivity index (χ2v) is 3.47. The van der Waals surface area contributed by atoms with Gasteiger partial charge in [0.15, 0.2) is 11.6 Å². The monoisotopic (exact) mass is 206 g/mol. The molecule has 0 amide bonds. The summed E-state index contributed by atoms with van der Waals surface area (Å²) >= 11 is 0. The van der Waals surface area contributed by atoms with Gasteiger partial charge in [-0.1, -0.05) is 0 Å². The maximum absolute atomic E-state index is 5.88. The Morgan fingerprint density at radius 3 is 2.53 bits per heavy atom. The number of nitrogen functional groups attached to an aromatic ring is 1. The van der Waals surface area contributed by atoms with E-state index in [4.69, 9.17) is 5.73 Å². The molecule has 6 heteroatoms. The van der Waals surface area contributed by atoms with Crippen molar-refractivity contribution in [3.63, 3.8) is 0 Å². The Hall–Kier alpha value is -1.98. The fraction of sp³-hybridized carbons (Fsp3) is 0.333. The SMILES string of the molecule is Cc1nn(C)c(Nc2ccn(C)n2)c1N. The van der Waals surface area contributed by atoms with E-state index in [2.05, 4.69) is 15.5 Å². The lowest BCUT2D eigenvalue weighted by atomic mass is 10.4. The van der Waals surface area contributed by atoms with Gasteiger partial charge in [0.25, 0.3) is 0 Å². The topological polar surface area (TPSA) is 73.7 Å². The van der Waals surface area contributed by atoms with E-state index in [0.717, 1.165) is 17.3 Å². The summed E-state index contributed by atoms with van der Waals surface area (Å²) in [5.74, 6) is 1.53. The number of nitrogens with two attached hydrogens (primary N) is 1. The highest BCUT2D eigenvalue weighted by Gasteiger charge is 2.10. The van der Waals surface area contributed by atoms with Crippen molar-refractivity contribution in [2.45, 2.75) is 6.92 Å². The van der Waals surface area contributed by atoms with Gasteiger partial charge in [-0.05, 0) is 6.92 Å². The third-order valence-electron chi connectivity index (χ3n) is 2.23. The molecule has 0 atom stereocenters. The lowest BCUT2D eigenvalue weighted by molar-refractivity contribution is 0.756. The van der Waals surface area contributed by atoms with Gasteiger partial charge in [-0.15, -0.1) is 0 Å². The molecule has 3 N–H and O–H groups in total. The van der Waals surface area contributed by atoms with E-state index in [1.807, 2.05) is 33.3 Å². The van der Waals surface area contributed by atoms with Gasteiger partial charge >= 0.3 is 0 Å². The number of hydrogen-bond acceptors (Lipinski definition) is 4. The van der Waals surface area contributed by atoms with E-state index in [1.165, 1.54) is 0 Å². The first-order valence-corrected chi connectivity index (χ1v) is 4.63. The van der Waals surface area contributed by atoms with Crippen LogP contribution in [0.25, 0.3) is 0 Å². The van der Waals surface area contributed by atoms with Crippen molar-refractivity contribution in [3.05, 3.63) is 18.0 Å². The zero-order chi connectivity index (χ0) is 11.0. The number of aromatic nitrogens is 4. The van der Waals surface area contributed by atoms with Crippen LogP contribution in [-0.2, 0) is 14.1 Å². The van der Waals surface area contributed by atoms with Crippen LogP contribution in [0.15, 0.2) is 12.3 Å². The highest BCUT2D eigenvalue weighted by Crippen LogP contribution is 2.23. The van der Waals surface area contributed by atoms with Gasteiger partial charge in [0.2, 0.25) is 0 Å². The molecule has 2 heterocycles. The second kappa shape index (κ2) is 3.30. The molecule has 6 nitrogen and oxygen atoms in total. The first-order valence-electron chi connectivity index (χ1n) is 4.63. The Bertz CT molecular complexity index is 481. The lowest BCUT2D eigenvalue weighted by Crippen LogP contribution is -2.02. The molecule has 15 heavy (non-hydrogen) atoms. The highest BCUT2D eigenvalue weighted by molar-refractivity contribution is 5.69. The van der Waals surface area contributed by atoms with Crippen LogP contribution in [0.3, 0.4) is 0 Å². The molecule has 0 spiro atoms. The predicted molar refractivity (Wildman–Crippen MR) is 58.8 cm³/mol. The molecule has 2 rings (SSSR count). The van der Waals surface area contributed by atoms with Crippen LogP contribution in [0.5, 0.6) is 0 Å². The molecule has 0 aliphatic heterocycles. The van der Waals surface area contributed by atoms with Crippen LogP contribution in [0, 0.1) is 6.92 Å². The Labute approximate surface area is 87.7 Å². The number of anilines is 3. The molecule has 80 valence electrons. The normalized spacial score (nSPS) is 10.6. The predicted octanol–water partition coefficient (Wildman–Crippen LogP) is 0.788. The highest BCUT2D eigenvalue weighted by atomic mass is 15.4. The first-order chi connectivity index (χ1) is 7.08. The van der Waals surface area contributed by atoms with Crippen molar-refractivity contribution >= 4 is 17.3 Å². The molecule has 0 aliphatic rings. The van der Waals surface area contributed by atoms with Gasteiger partial charge in [-0.2, -0.15) is 10.2 Å². The number of aryl methyl sites for hydroxylation is 3. The maximum atomic E-state index is 5.88. The fourth-order valence-corrected chi connectivity index (χ4v) is 1.43. The van der Waals surface area contributed by atoms with Gasteiger partial charge in [0, 0.05) is 26.4 Å². The van der Waals surface area contributed by atoms with Crippen LogP contribution < -0.4 is 11.1 Å². The standard InChI is InChI=1S/C9H14N6/c1-6-8(10)9(15(3)12-6)11-7-4-5-14(2)13-7/h4-5H,10H2,1-3H3,(H,11,13). The summed E-state index contributed by atoms with van der Waals surface area (Å²) in [6.07, 6.45) is 1.86. The summed E-state index contributed by atoms with van der Waals surface area (Å²) in [6, 6.07) is 1.88. The molecule has 0 radical (unpaired) electrons. The largest absolute Gasteiger partial charge is 0.394 e. The number of nitrogens with zero attached hydrogens (tertiary/aromatic N) is 4. The van der Waals surface area contributed by atoms with E-state index < -0.39 is 0 Å². The first kappa shape index (κ1) is 9.57. The van der Waals surface area contributed by atoms with Gasteiger partial charge in [-0.25, -0.2) is 0 Å². The van der Waals surface area contributed by atoms with Crippen molar-refractivity contribution in [1.82, 2.24) is 19.6 Å². The Morgan fingerprint density at radius 2 is 2.07 bits per heavy atom. The summed E-state index contributed by atoms with van der Waals surface area (Å²) in [5, 5.41) is 11.5. The molecular formula is C9H14N6. The molecule has 0 fully saturated rings. The molecule has 2 aromatic heterocycles. The Morgan fingerprint density at radius 1 is 1.33 bits per heavy atom. The molecule has 0 aromatic carbocycles. The molecule has 0 saturated carbocycles. The minimum absolute atomic E-state index is 0.656. The zero-order valence-corrected chi connectivity index (χ0v) is 9.02. The van der Waals surface area contributed by atoms with Crippen molar-refractivity contribution in [2.24, 2.45) is 14.1 Å². The van der Waals surface area contributed by atoms with Crippen molar-refractivity contribution in [1.29, 1.82) is 0 Å². The fourth-order valence-electron chi connectivity index (χ4n) is 1.43. The van der Waals surface area contributed by atoms with E-state index in [-0.39, 0.29) is 0 Å². The molecule has 0 bridgehead atoms. The van der Waals surface area contributed by atoms with Gasteiger partial charge in [0.1, 0.15) is 0 Å². The number of nitrogens with one attached hydrogen (secondary N) is 1. The minimum atomic E-state index is 0.656. The summed E-state index contributed by atoms with van der Waals surface area (Å²) in [4.78, 5) is 0. The Balaban J connectivity index is 2.31. The molecule has 0 aliphatic carbocycles. The third-order valence-corrected chi connectivity index (χ3v) is 2.23. The molecule has 0 saturated heterocycles. The molecule has 0 unspecified atom stereocenters. The van der Waals surface area contributed by atoms with Crippen LogP contribution in [0.2, 0.25) is 0 Å². The van der Waals surface area contributed by atoms with E-state index in [1.54, 1.807) is 9.36 Å². The number of hydrogen-bond donors (Lipinski definition) is 2. The molecular weight excluding hydrogens is 192 g/mol. The summed E-state index contributed by atoms with van der Waals surface area (Å²) in [7, 11) is 3.71. The summed E-state index contributed by atoms with van der Waals surface area (Å²) < 4.78 is 3.43. The van der Waals surface area contributed by atoms with E-state index in [9.17, 15) is 0 Å². The van der Waals surface area contributed by atoms with Gasteiger partial charge in [0.05, 0.1) is 11.4 Å². The maximum Gasteiger partial charge on any atom is 0.153 e. The zero-order valence-electron chi connectivity index (χ0n) is 9.02. The average molecular weight is 206 g/mol. The number of rotatable bonds is 2. The quantitative estimate of drug-likeness (QED) is 0.761. The minimum Gasteiger partial charge on any atom is -0.394 e. The van der Waals surface area contributed by atoms with E-state index >= 15 is 0 Å². The molecule has 2 aromatic rings. The Kier molecular flexibility index (Phi) is 2.11. The summed E-state index contributed by atoms with van der Waals surface area (Å²) in [6.45, 7) is 1.87. The van der Waals surface area contributed by atoms with Crippen LogP contribution in [0.4, 0.5) is 17.3 Å². The van der Waals surface area contributed by atoms with Gasteiger partial charge < -0.3 is 11.1 Å². The van der Waals surface area contributed by atoms with Crippen molar-refractivity contribution in [3.8, 4) is 0 Å². The second-order valence-electron chi connectivity index (χ2n) is 3.47. The van der Waals surface area contributed by atoms with Crippen molar-refractivity contribution < 1.29 is 0 Å². The van der Waals surface area contributed by atoms with Crippen molar-refractivity contribution in [2.75, 3.05) is 11.1 Å². The van der Waals surface area contributed by atoms with Crippen LogP contribution >= 0.6 is 0 Å². The van der Waals surface area contributed by atoms with Crippen LogP contribution in [-0.4, -0.2) is 19.6 Å². The third kappa shape index (κ3) is 1.65. The van der Waals surface area contributed by atoms with Crippen LogP contribution in [0.1, 0.15) is 5.69 Å². The summed E-state index contributed by atoms with van der Waals surface area (Å²) in [5.41, 5.74) is 7.35. The van der Waals surface area contributed by atoms with E-state index in [0.29, 0.717) is 5.69 Å². The van der Waals surface area contributed by atoms with Gasteiger partial charge in [-0.3, -0.25) is 9.36 Å².